The molecule has 0 radical (unpaired) electrons. The number of methoxy groups -OCH3 is 1. The first kappa shape index (κ1) is 18.2. The van der Waals surface area contributed by atoms with Gasteiger partial charge in [0.1, 0.15) is 6.61 Å². The zero-order valence-electron chi connectivity index (χ0n) is 13.7. The molecule has 6 nitrogen and oxygen atoms in total. The number of nitrogens with one attached hydrogen (secondary N) is 1. The van der Waals surface area contributed by atoms with Crippen molar-refractivity contribution in [2.75, 3.05) is 26.9 Å². The molecular formula is C16H28N4O2. The van der Waals surface area contributed by atoms with Gasteiger partial charge in [-0.1, -0.05) is 32.3 Å². The molecule has 0 aliphatic carbocycles. The fourth-order valence-electron chi connectivity index (χ4n) is 1.89. The average Bonchev–Trinajstić information content (AvgIpc) is 2.54. The monoisotopic (exact) mass is 308 g/mol. The van der Waals surface area contributed by atoms with Gasteiger partial charge in [-0.2, -0.15) is 0 Å². The van der Waals surface area contributed by atoms with Gasteiger partial charge >= 0.3 is 0 Å². The number of nitrogens with zero attached hydrogens (tertiary/aromatic N) is 2. The van der Waals surface area contributed by atoms with Crippen molar-refractivity contribution in [2.45, 2.75) is 39.2 Å². The number of pyridine rings is 1. The maximum atomic E-state index is 5.87. The smallest absolute Gasteiger partial charge is 0.218 e. The lowest BCUT2D eigenvalue weighted by atomic mass is 10.2. The molecule has 0 fully saturated rings. The number of unbranched alkanes of at least 4 members (excludes halogenated alkanes) is 3. The molecule has 0 bridgehead atoms. The Hall–Kier alpha value is -1.82. The number of ether oxygens (including phenoxy) is 2. The number of hydrogen-bond donors (Lipinski definition) is 2. The van der Waals surface area contributed by atoms with Crippen molar-refractivity contribution in [3.8, 4) is 5.88 Å². The van der Waals surface area contributed by atoms with Gasteiger partial charge in [0.05, 0.1) is 13.2 Å². The van der Waals surface area contributed by atoms with Crippen LogP contribution >= 0.6 is 0 Å². The number of nitrogens with two attached hydrogens (primary N) is 1. The summed E-state index contributed by atoms with van der Waals surface area (Å²) in [5, 5.41) is 3.13. The van der Waals surface area contributed by atoms with Gasteiger partial charge in [-0.25, -0.2) is 9.98 Å². The van der Waals surface area contributed by atoms with E-state index < -0.39 is 0 Å². The molecule has 0 unspecified atom stereocenters. The normalized spacial score (nSPS) is 11.5. The lowest BCUT2D eigenvalue weighted by Crippen LogP contribution is -2.32. The third kappa shape index (κ3) is 7.83. The molecule has 3 N–H and O–H groups in total. The third-order valence-electron chi connectivity index (χ3n) is 3.13. The summed E-state index contributed by atoms with van der Waals surface area (Å²) in [6.07, 6.45) is 6.52. The van der Waals surface area contributed by atoms with Gasteiger partial charge in [0.2, 0.25) is 5.88 Å². The molecule has 124 valence electrons. The van der Waals surface area contributed by atoms with Gasteiger partial charge in [-0.05, 0) is 12.5 Å². The molecular weight excluding hydrogens is 280 g/mol. The highest BCUT2D eigenvalue weighted by atomic mass is 16.5. The van der Waals surface area contributed by atoms with E-state index in [4.69, 9.17) is 15.2 Å². The maximum absolute atomic E-state index is 5.87. The van der Waals surface area contributed by atoms with Crippen molar-refractivity contribution < 1.29 is 9.47 Å². The van der Waals surface area contributed by atoms with Gasteiger partial charge in [0, 0.05) is 25.4 Å². The first-order valence-electron chi connectivity index (χ1n) is 7.87. The zero-order valence-corrected chi connectivity index (χ0v) is 13.7. The highest BCUT2D eigenvalue weighted by molar-refractivity contribution is 5.77. The second-order valence-corrected chi connectivity index (χ2v) is 5.00. The molecule has 0 saturated carbocycles. The Morgan fingerprint density at radius 3 is 2.95 bits per heavy atom. The third-order valence-corrected chi connectivity index (χ3v) is 3.13. The topological polar surface area (TPSA) is 81.8 Å². The van der Waals surface area contributed by atoms with Crippen LogP contribution in [-0.4, -0.2) is 37.8 Å². The minimum atomic E-state index is 0.448. The summed E-state index contributed by atoms with van der Waals surface area (Å²) in [6, 6.07) is 3.80. The Kier molecular flexibility index (Phi) is 9.78. The van der Waals surface area contributed by atoms with Crippen LogP contribution in [0.3, 0.4) is 0 Å². The van der Waals surface area contributed by atoms with Crippen LogP contribution in [0.2, 0.25) is 0 Å². The number of rotatable bonds is 11. The molecule has 0 spiro atoms. The van der Waals surface area contributed by atoms with E-state index >= 15 is 0 Å². The molecule has 0 atom stereocenters. The Labute approximate surface area is 133 Å². The summed E-state index contributed by atoms with van der Waals surface area (Å²) in [7, 11) is 1.64. The van der Waals surface area contributed by atoms with E-state index in [1.165, 1.54) is 19.3 Å². The van der Waals surface area contributed by atoms with E-state index in [0.717, 1.165) is 18.5 Å². The van der Waals surface area contributed by atoms with Crippen molar-refractivity contribution in [1.29, 1.82) is 0 Å². The van der Waals surface area contributed by atoms with Crippen LogP contribution in [-0.2, 0) is 11.3 Å². The summed E-state index contributed by atoms with van der Waals surface area (Å²) in [5.41, 5.74) is 6.78. The highest BCUT2D eigenvalue weighted by Gasteiger charge is 2.04. The lowest BCUT2D eigenvalue weighted by molar-refractivity contribution is 0.143. The second-order valence-electron chi connectivity index (χ2n) is 5.00. The molecule has 1 aromatic rings. The van der Waals surface area contributed by atoms with Gasteiger partial charge in [-0.15, -0.1) is 0 Å². The predicted molar refractivity (Wildman–Crippen MR) is 89.1 cm³/mol. The molecule has 6 heteroatoms. The van der Waals surface area contributed by atoms with Crippen LogP contribution in [0.15, 0.2) is 23.3 Å². The summed E-state index contributed by atoms with van der Waals surface area (Å²) in [4.78, 5) is 8.55. The molecule has 0 aromatic carbocycles. The van der Waals surface area contributed by atoms with Gasteiger partial charge in [-0.3, -0.25) is 0 Å². The van der Waals surface area contributed by atoms with Crippen molar-refractivity contribution in [3.05, 3.63) is 23.9 Å². The number of aliphatic imine (C=N–C) groups is 1. The van der Waals surface area contributed by atoms with Crippen LogP contribution in [0.5, 0.6) is 5.88 Å². The van der Waals surface area contributed by atoms with E-state index in [9.17, 15) is 0 Å². The van der Waals surface area contributed by atoms with E-state index in [-0.39, 0.29) is 0 Å². The first-order valence-corrected chi connectivity index (χ1v) is 7.87. The van der Waals surface area contributed by atoms with Crippen LogP contribution < -0.4 is 15.8 Å². The van der Waals surface area contributed by atoms with Crippen molar-refractivity contribution in [3.63, 3.8) is 0 Å². The summed E-state index contributed by atoms with van der Waals surface area (Å²) in [5.74, 6) is 1.04. The standard InChI is InChI=1S/C16H28N4O2/c1-3-4-5-6-9-19-16(17)20-13-14-8-7-10-18-15(14)22-12-11-21-2/h7-8,10H,3-6,9,11-13H2,1-2H3,(H3,17,19,20). The van der Waals surface area contributed by atoms with Crippen LogP contribution in [0.4, 0.5) is 0 Å². The van der Waals surface area contributed by atoms with Gasteiger partial charge in [0.25, 0.3) is 0 Å². The van der Waals surface area contributed by atoms with Crippen molar-refractivity contribution in [2.24, 2.45) is 10.7 Å². The highest BCUT2D eigenvalue weighted by Crippen LogP contribution is 2.15. The molecule has 0 aliphatic heterocycles. The predicted octanol–water partition coefficient (Wildman–Crippen LogP) is 2.09. The van der Waals surface area contributed by atoms with Crippen LogP contribution in [0, 0.1) is 0 Å². The summed E-state index contributed by atoms with van der Waals surface area (Å²) >= 11 is 0. The Balaban J connectivity index is 2.40. The SMILES string of the molecule is CCCCCCNC(N)=NCc1cccnc1OCCOC. The summed E-state index contributed by atoms with van der Waals surface area (Å²) < 4.78 is 10.5. The molecule has 1 heterocycles. The first-order chi connectivity index (χ1) is 10.8. The minimum absolute atomic E-state index is 0.448. The quantitative estimate of drug-likeness (QED) is 0.372. The number of hydrogen-bond acceptors (Lipinski definition) is 4. The Bertz CT molecular complexity index is 438. The zero-order chi connectivity index (χ0) is 16.0. The number of aromatic nitrogens is 1. The minimum Gasteiger partial charge on any atom is -0.475 e. The van der Waals surface area contributed by atoms with Gasteiger partial charge < -0.3 is 20.5 Å². The maximum Gasteiger partial charge on any atom is 0.218 e. The molecule has 0 saturated heterocycles. The Morgan fingerprint density at radius 2 is 2.18 bits per heavy atom. The lowest BCUT2D eigenvalue weighted by Gasteiger charge is -2.09. The number of guanidine groups is 1. The molecule has 22 heavy (non-hydrogen) atoms. The van der Waals surface area contributed by atoms with Crippen LogP contribution in [0.25, 0.3) is 0 Å². The molecule has 1 aromatic heterocycles. The molecule has 1 rings (SSSR count). The van der Waals surface area contributed by atoms with Gasteiger partial charge in [0.15, 0.2) is 5.96 Å². The van der Waals surface area contributed by atoms with E-state index in [1.54, 1.807) is 13.3 Å². The fourth-order valence-corrected chi connectivity index (χ4v) is 1.89. The van der Waals surface area contributed by atoms with Crippen molar-refractivity contribution >= 4 is 5.96 Å². The van der Waals surface area contributed by atoms with E-state index in [1.807, 2.05) is 12.1 Å². The Morgan fingerprint density at radius 1 is 1.32 bits per heavy atom. The van der Waals surface area contributed by atoms with Crippen molar-refractivity contribution in [1.82, 2.24) is 10.3 Å². The largest absolute Gasteiger partial charge is 0.475 e. The van der Waals surface area contributed by atoms with Crippen LogP contribution in [0.1, 0.15) is 38.2 Å². The summed E-state index contributed by atoms with van der Waals surface area (Å²) in [6.45, 7) is 4.50. The molecule has 0 amide bonds. The van der Waals surface area contributed by atoms with E-state index in [0.29, 0.717) is 31.6 Å². The average molecular weight is 308 g/mol. The second kappa shape index (κ2) is 11.8. The van der Waals surface area contributed by atoms with E-state index in [2.05, 4.69) is 22.2 Å². The molecule has 0 aliphatic rings. The fraction of sp³-hybridized carbons (Fsp3) is 0.625.